The molecule has 1 aromatic rings. The van der Waals surface area contributed by atoms with Crippen LogP contribution in [0.15, 0.2) is 11.4 Å². The van der Waals surface area contributed by atoms with Crippen LogP contribution in [-0.2, 0) is 0 Å². The van der Waals surface area contributed by atoms with Gasteiger partial charge in [0.1, 0.15) is 0 Å². The van der Waals surface area contributed by atoms with Crippen LogP contribution in [0, 0.1) is 18.8 Å². The van der Waals surface area contributed by atoms with Crippen LogP contribution in [0.2, 0.25) is 0 Å². The van der Waals surface area contributed by atoms with Crippen molar-refractivity contribution in [3.63, 3.8) is 0 Å². The summed E-state index contributed by atoms with van der Waals surface area (Å²) < 4.78 is 0. The van der Waals surface area contributed by atoms with Crippen molar-refractivity contribution in [3.8, 4) is 0 Å². The van der Waals surface area contributed by atoms with E-state index in [0.717, 1.165) is 18.4 Å². The van der Waals surface area contributed by atoms with Gasteiger partial charge in [-0.25, -0.2) is 0 Å². The van der Waals surface area contributed by atoms with Crippen molar-refractivity contribution in [2.24, 2.45) is 11.8 Å². The van der Waals surface area contributed by atoms with Crippen LogP contribution >= 0.6 is 11.3 Å². The van der Waals surface area contributed by atoms with Gasteiger partial charge in [0.05, 0.1) is 0 Å². The Morgan fingerprint density at radius 2 is 2.31 bits per heavy atom. The van der Waals surface area contributed by atoms with Crippen LogP contribution in [0.1, 0.15) is 49.6 Å². The van der Waals surface area contributed by atoms with Crippen molar-refractivity contribution in [2.45, 2.75) is 46.1 Å². The monoisotopic (exact) mass is 237 g/mol. The zero-order valence-corrected chi connectivity index (χ0v) is 11.4. The molecule has 1 aromatic heterocycles. The molecule has 0 radical (unpaired) electrons. The van der Waals surface area contributed by atoms with E-state index < -0.39 is 0 Å². The predicted octanol–water partition coefficient (Wildman–Crippen LogP) is 4.14. The van der Waals surface area contributed by atoms with E-state index in [1.54, 1.807) is 5.56 Å². The van der Waals surface area contributed by atoms with Crippen molar-refractivity contribution in [1.82, 2.24) is 5.32 Å². The topological polar surface area (TPSA) is 12.0 Å². The lowest BCUT2D eigenvalue weighted by molar-refractivity contribution is 0.365. The molecule has 0 amide bonds. The minimum atomic E-state index is 0.598. The lowest BCUT2D eigenvalue weighted by Gasteiger charge is -2.25. The van der Waals surface area contributed by atoms with Gasteiger partial charge in [0.15, 0.2) is 0 Å². The van der Waals surface area contributed by atoms with Gasteiger partial charge in [0.25, 0.3) is 0 Å². The van der Waals surface area contributed by atoms with Crippen LogP contribution in [0.3, 0.4) is 0 Å². The zero-order chi connectivity index (χ0) is 11.5. The maximum absolute atomic E-state index is 3.70. The van der Waals surface area contributed by atoms with Crippen LogP contribution in [0.4, 0.5) is 0 Å². The van der Waals surface area contributed by atoms with Crippen molar-refractivity contribution in [3.05, 3.63) is 21.9 Å². The van der Waals surface area contributed by atoms with Gasteiger partial charge in [0.2, 0.25) is 0 Å². The van der Waals surface area contributed by atoms with Crippen molar-refractivity contribution < 1.29 is 0 Å². The molecule has 1 aliphatic rings. The number of thiophene rings is 1. The third kappa shape index (κ3) is 2.49. The summed E-state index contributed by atoms with van der Waals surface area (Å²) in [5.74, 6) is 1.77. The zero-order valence-electron chi connectivity index (χ0n) is 10.6. The van der Waals surface area contributed by atoms with Gasteiger partial charge in [-0.15, -0.1) is 11.3 Å². The maximum atomic E-state index is 3.70. The van der Waals surface area contributed by atoms with Gasteiger partial charge in [-0.1, -0.05) is 20.3 Å². The number of rotatable bonds is 4. The molecule has 1 nitrogen and oxygen atoms in total. The average molecular weight is 237 g/mol. The van der Waals surface area contributed by atoms with Gasteiger partial charge < -0.3 is 5.32 Å². The number of nitrogens with one attached hydrogen (secondary N) is 1. The highest BCUT2D eigenvalue weighted by Crippen LogP contribution is 2.40. The van der Waals surface area contributed by atoms with Crippen LogP contribution in [0.5, 0.6) is 0 Å². The smallest absolute Gasteiger partial charge is 0.0359 e. The SMILES string of the molecule is CCNC(c1ccsc1C)C1CCC(C)C1. The second kappa shape index (κ2) is 5.33. The Morgan fingerprint density at radius 1 is 1.50 bits per heavy atom. The molecule has 0 spiro atoms. The van der Waals surface area contributed by atoms with E-state index in [1.165, 1.54) is 24.1 Å². The predicted molar refractivity (Wildman–Crippen MR) is 72.0 cm³/mol. The Morgan fingerprint density at radius 3 is 2.81 bits per heavy atom. The van der Waals surface area contributed by atoms with E-state index in [-0.39, 0.29) is 0 Å². The fourth-order valence-corrected chi connectivity index (χ4v) is 3.77. The van der Waals surface area contributed by atoms with E-state index in [9.17, 15) is 0 Å². The molecule has 1 saturated carbocycles. The van der Waals surface area contributed by atoms with Gasteiger partial charge in [0, 0.05) is 10.9 Å². The molecule has 16 heavy (non-hydrogen) atoms. The molecule has 3 atom stereocenters. The molecule has 0 aromatic carbocycles. The number of aryl methyl sites for hydroxylation is 1. The Kier molecular flexibility index (Phi) is 4.04. The Balaban J connectivity index is 2.14. The second-order valence-electron chi connectivity index (χ2n) is 5.15. The fraction of sp³-hybridized carbons (Fsp3) is 0.714. The van der Waals surface area contributed by atoms with Crippen LogP contribution in [0.25, 0.3) is 0 Å². The van der Waals surface area contributed by atoms with E-state index in [2.05, 4.69) is 37.5 Å². The molecule has 1 heterocycles. The minimum absolute atomic E-state index is 0.598. The molecular formula is C14H23NS. The van der Waals surface area contributed by atoms with Gasteiger partial charge in [-0.3, -0.25) is 0 Å². The lowest BCUT2D eigenvalue weighted by atomic mass is 9.91. The molecular weight excluding hydrogens is 214 g/mol. The molecule has 90 valence electrons. The summed E-state index contributed by atoms with van der Waals surface area (Å²) in [5.41, 5.74) is 1.55. The van der Waals surface area contributed by atoms with Gasteiger partial charge >= 0.3 is 0 Å². The number of hydrogen-bond donors (Lipinski definition) is 1. The fourth-order valence-electron chi connectivity index (χ4n) is 3.02. The van der Waals surface area contributed by atoms with Crippen molar-refractivity contribution >= 4 is 11.3 Å². The summed E-state index contributed by atoms with van der Waals surface area (Å²) in [7, 11) is 0. The summed E-state index contributed by atoms with van der Waals surface area (Å²) in [6.45, 7) is 7.93. The molecule has 1 fully saturated rings. The first-order valence-electron chi connectivity index (χ1n) is 6.49. The summed E-state index contributed by atoms with van der Waals surface area (Å²) >= 11 is 1.88. The molecule has 2 heteroatoms. The Bertz CT molecular complexity index is 331. The third-order valence-electron chi connectivity index (χ3n) is 3.86. The normalized spacial score (nSPS) is 27.2. The molecule has 1 N–H and O–H groups in total. The first-order chi connectivity index (χ1) is 7.72. The standard InChI is InChI=1S/C14H23NS/c1-4-15-14(12-6-5-10(2)9-12)13-7-8-16-11(13)3/h7-8,10,12,14-15H,4-6,9H2,1-3H3. The van der Waals surface area contributed by atoms with Crippen molar-refractivity contribution in [2.75, 3.05) is 6.54 Å². The van der Waals surface area contributed by atoms with E-state index in [0.29, 0.717) is 6.04 Å². The van der Waals surface area contributed by atoms with Crippen LogP contribution in [-0.4, -0.2) is 6.54 Å². The largest absolute Gasteiger partial charge is 0.310 e. The summed E-state index contributed by atoms with van der Waals surface area (Å²) in [4.78, 5) is 1.49. The average Bonchev–Trinajstić information content (AvgIpc) is 2.84. The highest BCUT2D eigenvalue weighted by molar-refractivity contribution is 7.10. The van der Waals surface area contributed by atoms with E-state index >= 15 is 0 Å². The van der Waals surface area contributed by atoms with Crippen LogP contribution < -0.4 is 5.32 Å². The number of hydrogen-bond acceptors (Lipinski definition) is 2. The van der Waals surface area contributed by atoms with Gasteiger partial charge in [-0.05, 0) is 55.2 Å². The first-order valence-corrected chi connectivity index (χ1v) is 7.37. The summed E-state index contributed by atoms with van der Waals surface area (Å²) in [6, 6.07) is 2.91. The molecule has 3 unspecified atom stereocenters. The van der Waals surface area contributed by atoms with E-state index in [4.69, 9.17) is 0 Å². The summed E-state index contributed by atoms with van der Waals surface area (Å²) in [6.07, 6.45) is 4.21. The van der Waals surface area contributed by atoms with E-state index in [1.807, 2.05) is 11.3 Å². The summed E-state index contributed by atoms with van der Waals surface area (Å²) in [5, 5.41) is 5.92. The molecule has 0 aliphatic heterocycles. The van der Waals surface area contributed by atoms with Gasteiger partial charge in [-0.2, -0.15) is 0 Å². The highest BCUT2D eigenvalue weighted by atomic mass is 32.1. The Hall–Kier alpha value is -0.340. The Labute approximate surface area is 103 Å². The lowest BCUT2D eigenvalue weighted by Crippen LogP contribution is -2.27. The second-order valence-corrected chi connectivity index (χ2v) is 6.27. The highest BCUT2D eigenvalue weighted by Gasteiger charge is 2.30. The maximum Gasteiger partial charge on any atom is 0.0359 e. The molecule has 1 aliphatic carbocycles. The molecule has 2 rings (SSSR count). The quantitative estimate of drug-likeness (QED) is 0.829. The minimum Gasteiger partial charge on any atom is -0.310 e. The molecule has 0 bridgehead atoms. The van der Waals surface area contributed by atoms with Crippen molar-refractivity contribution in [1.29, 1.82) is 0 Å². The molecule has 0 saturated heterocycles. The third-order valence-corrected chi connectivity index (χ3v) is 4.73. The first kappa shape index (κ1) is 12.1.